The molecule has 90 valence electrons. The van der Waals surface area contributed by atoms with Gasteiger partial charge in [0.1, 0.15) is 0 Å². The number of benzene rings is 2. The zero-order valence-corrected chi connectivity index (χ0v) is 12.4. The van der Waals surface area contributed by atoms with E-state index < -0.39 is 0 Å². The van der Waals surface area contributed by atoms with E-state index in [0.29, 0.717) is 0 Å². The summed E-state index contributed by atoms with van der Waals surface area (Å²) in [5.74, 6) is 2.74. The highest BCUT2D eigenvalue weighted by Gasteiger charge is 2.08. The standard InChI is InChI=1S/C16H14IN/c1-3-14-9-5-6-10-15(14)12-18(17)16-11-7-4-8-13(16)2/h1,4-11H,12H2,2H3. The van der Waals surface area contributed by atoms with Crippen LogP contribution in [-0.2, 0) is 6.54 Å². The molecule has 0 N–H and O–H groups in total. The Hall–Kier alpha value is -1.47. The van der Waals surface area contributed by atoms with Gasteiger partial charge in [-0.1, -0.05) is 42.3 Å². The van der Waals surface area contributed by atoms with E-state index in [0.717, 1.165) is 12.1 Å². The van der Waals surface area contributed by atoms with E-state index in [2.05, 4.69) is 69.2 Å². The van der Waals surface area contributed by atoms with E-state index in [1.54, 1.807) is 0 Å². The minimum atomic E-state index is 0.811. The summed E-state index contributed by atoms with van der Waals surface area (Å²) in [6.07, 6.45) is 5.52. The van der Waals surface area contributed by atoms with E-state index in [9.17, 15) is 0 Å². The fourth-order valence-electron chi connectivity index (χ4n) is 1.87. The molecule has 0 saturated heterocycles. The average Bonchev–Trinajstić information content (AvgIpc) is 2.39. The van der Waals surface area contributed by atoms with Crippen molar-refractivity contribution in [1.82, 2.24) is 0 Å². The van der Waals surface area contributed by atoms with Gasteiger partial charge in [-0.25, -0.2) is 0 Å². The normalized spacial score (nSPS) is 9.83. The molecular formula is C16H14IN. The molecule has 0 heterocycles. The summed E-state index contributed by atoms with van der Waals surface area (Å²) < 4.78 is 2.20. The van der Waals surface area contributed by atoms with Gasteiger partial charge in [-0.3, -0.25) is 0 Å². The maximum atomic E-state index is 5.52. The smallest absolute Gasteiger partial charge is 0.0594 e. The quantitative estimate of drug-likeness (QED) is 0.454. The van der Waals surface area contributed by atoms with E-state index in [4.69, 9.17) is 6.42 Å². The molecule has 2 aromatic carbocycles. The summed E-state index contributed by atoms with van der Waals surface area (Å²) in [6, 6.07) is 16.4. The lowest BCUT2D eigenvalue weighted by atomic mass is 10.1. The second kappa shape index (κ2) is 5.92. The molecule has 0 unspecified atom stereocenters. The van der Waals surface area contributed by atoms with Crippen molar-refractivity contribution >= 4 is 28.6 Å². The third kappa shape index (κ3) is 2.85. The van der Waals surface area contributed by atoms with Crippen LogP contribution in [0.5, 0.6) is 0 Å². The largest absolute Gasteiger partial charge is 0.310 e. The minimum absolute atomic E-state index is 0.811. The lowest BCUT2D eigenvalue weighted by Gasteiger charge is -2.19. The molecule has 0 bridgehead atoms. The molecule has 0 aromatic heterocycles. The highest BCUT2D eigenvalue weighted by Crippen LogP contribution is 2.25. The van der Waals surface area contributed by atoms with Crippen LogP contribution in [-0.4, -0.2) is 0 Å². The van der Waals surface area contributed by atoms with Crippen LogP contribution in [0.15, 0.2) is 48.5 Å². The highest BCUT2D eigenvalue weighted by molar-refractivity contribution is 14.1. The lowest BCUT2D eigenvalue weighted by Crippen LogP contribution is -2.11. The molecule has 2 heteroatoms. The third-order valence-corrected chi connectivity index (χ3v) is 3.72. The van der Waals surface area contributed by atoms with Gasteiger partial charge in [-0.05, 0) is 30.2 Å². The van der Waals surface area contributed by atoms with Crippen LogP contribution in [0, 0.1) is 19.3 Å². The molecule has 2 aromatic rings. The molecule has 0 saturated carbocycles. The summed E-state index contributed by atoms with van der Waals surface area (Å²) in [5.41, 5.74) is 4.64. The van der Waals surface area contributed by atoms with Crippen LogP contribution in [0.25, 0.3) is 0 Å². The molecular weight excluding hydrogens is 333 g/mol. The Labute approximate surface area is 122 Å². The first-order chi connectivity index (χ1) is 8.72. The topological polar surface area (TPSA) is 3.24 Å². The SMILES string of the molecule is C#Cc1ccccc1CN(I)c1ccccc1C. The first kappa shape index (κ1) is 13.0. The Morgan fingerprint density at radius 3 is 2.50 bits per heavy atom. The molecule has 0 fully saturated rings. The van der Waals surface area contributed by atoms with Gasteiger partial charge in [-0.2, -0.15) is 0 Å². The van der Waals surface area contributed by atoms with Gasteiger partial charge in [0.15, 0.2) is 0 Å². The number of nitrogens with zero attached hydrogens (tertiary/aromatic N) is 1. The van der Waals surface area contributed by atoms with E-state index in [-0.39, 0.29) is 0 Å². The van der Waals surface area contributed by atoms with Gasteiger partial charge < -0.3 is 3.11 Å². The molecule has 0 atom stereocenters. The highest BCUT2D eigenvalue weighted by atomic mass is 127. The van der Waals surface area contributed by atoms with Gasteiger partial charge in [-0.15, -0.1) is 6.42 Å². The summed E-state index contributed by atoms with van der Waals surface area (Å²) in [5, 5.41) is 0. The molecule has 0 spiro atoms. The number of rotatable bonds is 3. The predicted molar refractivity (Wildman–Crippen MR) is 85.8 cm³/mol. The van der Waals surface area contributed by atoms with Crippen LogP contribution in [0.4, 0.5) is 5.69 Å². The Morgan fingerprint density at radius 2 is 1.78 bits per heavy atom. The first-order valence-electron chi connectivity index (χ1n) is 5.76. The molecule has 1 nitrogen and oxygen atoms in total. The van der Waals surface area contributed by atoms with Crippen molar-refractivity contribution in [3.8, 4) is 12.3 Å². The van der Waals surface area contributed by atoms with Crippen molar-refractivity contribution in [1.29, 1.82) is 0 Å². The fourth-order valence-corrected chi connectivity index (χ4v) is 2.78. The molecule has 0 aliphatic carbocycles. The van der Waals surface area contributed by atoms with Crippen molar-refractivity contribution < 1.29 is 0 Å². The summed E-state index contributed by atoms with van der Waals surface area (Å²) in [4.78, 5) is 0. The van der Waals surface area contributed by atoms with Gasteiger partial charge in [0.2, 0.25) is 0 Å². The Kier molecular flexibility index (Phi) is 4.27. The maximum absolute atomic E-state index is 5.52. The molecule has 18 heavy (non-hydrogen) atoms. The molecule has 2 rings (SSSR count). The fraction of sp³-hybridized carbons (Fsp3) is 0.125. The van der Waals surface area contributed by atoms with Gasteiger partial charge in [0.05, 0.1) is 29.4 Å². The van der Waals surface area contributed by atoms with Gasteiger partial charge in [0.25, 0.3) is 0 Å². The number of anilines is 1. The van der Waals surface area contributed by atoms with Crippen molar-refractivity contribution in [3.05, 3.63) is 65.2 Å². The zero-order chi connectivity index (χ0) is 13.0. The number of aryl methyl sites for hydroxylation is 1. The third-order valence-electron chi connectivity index (χ3n) is 2.86. The lowest BCUT2D eigenvalue weighted by molar-refractivity contribution is 1.07. The second-order valence-electron chi connectivity index (χ2n) is 4.11. The van der Waals surface area contributed by atoms with Crippen LogP contribution >= 0.6 is 22.9 Å². The number of terminal acetylenes is 1. The second-order valence-corrected chi connectivity index (χ2v) is 5.27. The Morgan fingerprint density at radius 1 is 1.11 bits per heavy atom. The van der Waals surface area contributed by atoms with Crippen molar-refractivity contribution in [2.45, 2.75) is 13.5 Å². The summed E-state index contributed by atoms with van der Waals surface area (Å²) in [7, 11) is 0. The maximum Gasteiger partial charge on any atom is 0.0594 e. The van der Waals surface area contributed by atoms with Crippen LogP contribution in [0.3, 0.4) is 0 Å². The Bertz CT molecular complexity index is 584. The minimum Gasteiger partial charge on any atom is -0.310 e. The summed E-state index contributed by atoms with van der Waals surface area (Å²) >= 11 is 2.33. The molecule has 0 aliphatic heterocycles. The number of hydrogen-bond acceptors (Lipinski definition) is 1. The van der Waals surface area contributed by atoms with Crippen molar-refractivity contribution in [3.63, 3.8) is 0 Å². The Balaban J connectivity index is 2.25. The van der Waals surface area contributed by atoms with Crippen LogP contribution < -0.4 is 3.11 Å². The number of hydrogen-bond donors (Lipinski definition) is 0. The first-order valence-corrected chi connectivity index (χ1v) is 6.72. The van der Waals surface area contributed by atoms with Crippen molar-refractivity contribution in [2.75, 3.05) is 3.11 Å². The monoisotopic (exact) mass is 347 g/mol. The van der Waals surface area contributed by atoms with Crippen LogP contribution in [0.1, 0.15) is 16.7 Å². The summed E-state index contributed by atoms with van der Waals surface area (Å²) in [6.45, 7) is 2.93. The van der Waals surface area contributed by atoms with Gasteiger partial charge >= 0.3 is 0 Å². The number of para-hydroxylation sites is 1. The average molecular weight is 347 g/mol. The zero-order valence-electron chi connectivity index (χ0n) is 10.2. The van der Waals surface area contributed by atoms with E-state index in [1.807, 2.05) is 18.2 Å². The number of halogens is 1. The van der Waals surface area contributed by atoms with Crippen LogP contribution in [0.2, 0.25) is 0 Å². The molecule has 0 aliphatic rings. The molecule has 0 radical (unpaired) electrons. The van der Waals surface area contributed by atoms with E-state index in [1.165, 1.54) is 16.8 Å². The predicted octanol–water partition coefficient (Wildman–Crippen LogP) is 4.33. The van der Waals surface area contributed by atoms with Gasteiger partial charge in [0, 0.05) is 11.3 Å². The van der Waals surface area contributed by atoms with Crippen molar-refractivity contribution in [2.24, 2.45) is 0 Å². The van der Waals surface area contributed by atoms with E-state index >= 15 is 0 Å². The molecule has 0 amide bonds.